The van der Waals surface area contributed by atoms with Crippen LogP contribution in [0.2, 0.25) is 0 Å². The number of furan rings is 1. The second-order valence-corrected chi connectivity index (χ2v) is 12.4. The monoisotopic (exact) mass is 582 g/mol. The minimum Gasteiger partial charge on any atom is -0.425 e. The van der Waals surface area contributed by atoms with Gasteiger partial charge in [-0.1, -0.05) is 32.0 Å². The number of nitrogens with zero attached hydrogens (tertiary/aromatic N) is 3. The molecule has 2 aromatic heterocycles. The molecule has 12 nitrogen and oxygen atoms in total. The van der Waals surface area contributed by atoms with Gasteiger partial charge in [-0.25, -0.2) is 13.2 Å². The molecular weight excluding hydrogens is 552 g/mol. The van der Waals surface area contributed by atoms with Crippen LogP contribution in [0.4, 0.5) is 4.79 Å². The standard InChI is InChI=1S/C28H30N4O8S/c1-16(2)13-20(30-28(36)40-27-17(3)19-8-4-5-9-23(19)39-27)25(34)31-12-10-21-24(31)22(33)15-32(21)41(37,38)26(35)18-7-6-11-29-14-18/h4-9,11,14,16,20-21,24H,10,12-13,15H2,1-3H3,(H,30,36). The van der Waals surface area contributed by atoms with Gasteiger partial charge >= 0.3 is 6.09 Å². The lowest BCUT2D eigenvalue weighted by Crippen LogP contribution is -2.53. The number of aromatic nitrogens is 1. The zero-order chi connectivity index (χ0) is 29.5. The number of Topliss-reactive ketones (excluding diaryl/α,β-unsaturated/α-hetero) is 1. The first-order valence-electron chi connectivity index (χ1n) is 13.2. The first kappa shape index (κ1) is 28.4. The predicted molar refractivity (Wildman–Crippen MR) is 146 cm³/mol. The zero-order valence-electron chi connectivity index (χ0n) is 22.8. The average Bonchev–Trinajstić information content (AvgIpc) is 3.61. The number of likely N-dealkylation sites (tertiary alicyclic amines) is 1. The lowest BCUT2D eigenvalue weighted by atomic mass is 10.0. The molecule has 4 heterocycles. The van der Waals surface area contributed by atoms with Gasteiger partial charge in [-0.15, -0.1) is 0 Å². The number of hydrogen-bond acceptors (Lipinski definition) is 9. The Labute approximate surface area is 236 Å². The van der Waals surface area contributed by atoms with Crippen LogP contribution >= 0.6 is 0 Å². The summed E-state index contributed by atoms with van der Waals surface area (Å²) in [5.74, 6) is -1.03. The third-order valence-corrected chi connectivity index (χ3v) is 9.11. The number of pyridine rings is 1. The van der Waals surface area contributed by atoms with Gasteiger partial charge < -0.3 is 19.4 Å². The number of hydrogen-bond donors (Lipinski definition) is 1. The van der Waals surface area contributed by atoms with E-state index >= 15 is 0 Å². The molecule has 5 rings (SSSR count). The number of para-hydroxylation sites is 1. The summed E-state index contributed by atoms with van der Waals surface area (Å²) in [5, 5.41) is 2.23. The van der Waals surface area contributed by atoms with E-state index in [1.807, 2.05) is 26.0 Å². The molecule has 0 radical (unpaired) electrons. The molecule has 2 aliphatic heterocycles. The first-order chi connectivity index (χ1) is 19.5. The van der Waals surface area contributed by atoms with E-state index in [1.54, 1.807) is 19.1 Å². The second kappa shape index (κ2) is 11.1. The molecule has 3 atom stereocenters. The van der Waals surface area contributed by atoms with Crippen molar-refractivity contribution in [3.63, 3.8) is 0 Å². The number of rotatable bonds is 7. The topological polar surface area (TPSA) is 156 Å². The van der Waals surface area contributed by atoms with Gasteiger partial charge in [-0.2, -0.15) is 4.31 Å². The van der Waals surface area contributed by atoms with E-state index in [4.69, 9.17) is 9.15 Å². The third-order valence-electron chi connectivity index (χ3n) is 7.38. The summed E-state index contributed by atoms with van der Waals surface area (Å²) < 4.78 is 38.3. The Morgan fingerprint density at radius 2 is 1.93 bits per heavy atom. The fourth-order valence-corrected chi connectivity index (χ4v) is 6.98. The number of benzene rings is 1. The Bertz CT molecular complexity index is 1620. The molecule has 2 saturated heterocycles. The summed E-state index contributed by atoms with van der Waals surface area (Å²) in [7, 11) is -4.54. The zero-order valence-corrected chi connectivity index (χ0v) is 23.6. The van der Waals surface area contributed by atoms with Crippen LogP contribution in [0.15, 0.2) is 53.2 Å². The Morgan fingerprint density at radius 1 is 1.17 bits per heavy atom. The molecule has 216 valence electrons. The normalized spacial score (nSPS) is 19.9. The Balaban J connectivity index is 1.32. The number of sulfonamides is 1. The second-order valence-electron chi connectivity index (χ2n) is 10.6. The molecule has 41 heavy (non-hydrogen) atoms. The van der Waals surface area contributed by atoms with E-state index < -0.39 is 57.6 Å². The van der Waals surface area contributed by atoms with Crippen LogP contribution in [0.1, 0.15) is 42.6 Å². The molecule has 0 bridgehead atoms. The van der Waals surface area contributed by atoms with Crippen LogP contribution in [0.25, 0.3) is 11.0 Å². The van der Waals surface area contributed by atoms with E-state index in [-0.39, 0.29) is 36.8 Å². The SMILES string of the molecule is Cc1c(OC(=O)NC(CC(C)C)C(=O)N2CCC3C2C(=O)CN3S(=O)(=O)C(=O)c2cccnc2)oc2ccccc12. The molecule has 2 fully saturated rings. The van der Waals surface area contributed by atoms with Gasteiger partial charge in [0.15, 0.2) is 5.78 Å². The molecule has 0 spiro atoms. The van der Waals surface area contributed by atoms with Crippen LogP contribution in [-0.2, 0) is 19.6 Å². The maximum Gasteiger partial charge on any atom is 0.415 e. The van der Waals surface area contributed by atoms with Crippen LogP contribution in [0, 0.1) is 12.8 Å². The third kappa shape index (κ3) is 5.34. The summed E-state index contributed by atoms with van der Waals surface area (Å²) in [5.41, 5.74) is 1.06. The van der Waals surface area contributed by atoms with Crippen molar-refractivity contribution in [2.45, 2.75) is 51.7 Å². The van der Waals surface area contributed by atoms with Crippen molar-refractivity contribution >= 4 is 43.9 Å². The van der Waals surface area contributed by atoms with Gasteiger partial charge in [-0.05, 0) is 43.9 Å². The molecule has 13 heteroatoms. The maximum atomic E-state index is 13.7. The average molecular weight is 583 g/mol. The molecule has 2 aliphatic rings. The molecule has 0 saturated carbocycles. The molecule has 3 unspecified atom stereocenters. The van der Waals surface area contributed by atoms with Crippen molar-refractivity contribution in [3.8, 4) is 5.95 Å². The molecule has 2 amide bonds. The van der Waals surface area contributed by atoms with Gasteiger partial charge in [0.1, 0.15) is 17.7 Å². The smallest absolute Gasteiger partial charge is 0.415 e. The highest BCUT2D eigenvalue weighted by Gasteiger charge is 2.55. The van der Waals surface area contributed by atoms with Crippen molar-refractivity contribution in [1.82, 2.24) is 19.5 Å². The molecule has 1 aromatic carbocycles. The van der Waals surface area contributed by atoms with Crippen LogP contribution in [0.3, 0.4) is 0 Å². The summed E-state index contributed by atoms with van der Waals surface area (Å²) in [6.45, 7) is 5.06. The molecule has 3 aromatic rings. The lowest BCUT2D eigenvalue weighted by molar-refractivity contribution is -0.138. The molecule has 1 N–H and O–H groups in total. The highest BCUT2D eigenvalue weighted by atomic mass is 32.2. The quantitative estimate of drug-likeness (QED) is 0.442. The van der Waals surface area contributed by atoms with Crippen LogP contribution in [-0.4, -0.2) is 76.7 Å². The number of carbonyl (C=O) groups is 4. The highest BCUT2D eigenvalue weighted by Crippen LogP contribution is 2.34. The summed E-state index contributed by atoms with van der Waals surface area (Å²) in [4.78, 5) is 57.6. The Morgan fingerprint density at radius 3 is 2.61 bits per heavy atom. The highest BCUT2D eigenvalue weighted by molar-refractivity contribution is 8.04. The predicted octanol–water partition coefficient (Wildman–Crippen LogP) is 2.66. The van der Waals surface area contributed by atoms with E-state index in [2.05, 4.69) is 10.3 Å². The van der Waals surface area contributed by atoms with Crippen molar-refractivity contribution < 1.29 is 36.7 Å². The number of carbonyl (C=O) groups excluding carboxylic acids is 4. The van der Waals surface area contributed by atoms with E-state index in [1.165, 1.54) is 23.2 Å². The minimum atomic E-state index is -4.54. The van der Waals surface area contributed by atoms with Crippen molar-refractivity contribution in [2.75, 3.05) is 13.1 Å². The largest absolute Gasteiger partial charge is 0.425 e. The van der Waals surface area contributed by atoms with Crippen LogP contribution < -0.4 is 10.1 Å². The fraction of sp³-hybridized carbons (Fsp3) is 0.393. The van der Waals surface area contributed by atoms with Crippen LogP contribution in [0.5, 0.6) is 5.95 Å². The Hall–Kier alpha value is -4.10. The van der Waals surface area contributed by atoms with E-state index in [0.717, 1.165) is 15.9 Å². The van der Waals surface area contributed by atoms with E-state index in [9.17, 15) is 27.6 Å². The van der Waals surface area contributed by atoms with Crippen molar-refractivity contribution in [2.24, 2.45) is 5.92 Å². The van der Waals surface area contributed by atoms with Crippen molar-refractivity contribution in [1.29, 1.82) is 0 Å². The lowest BCUT2D eigenvalue weighted by Gasteiger charge is -2.28. The number of amides is 2. The Kier molecular flexibility index (Phi) is 7.66. The van der Waals surface area contributed by atoms with E-state index in [0.29, 0.717) is 11.1 Å². The fourth-order valence-electron chi connectivity index (χ4n) is 5.48. The number of ether oxygens (including phenoxy) is 1. The van der Waals surface area contributed by atoms with Gasteiger partial charge in [-0.3, -0.25) is 19.4 Å². The summed E-state index contributed by atoms with van der Waals surface area (Å²) in [6.07, 6.45) is 2.07. The van der Waals surface area contributed by atoms with Gasteiger partial charge in [0, 0.05) is 29.9 Å². The minimum absolute atomic E-state index is 0.00536. The summed E-state index contributed by atoms with van der Waals surface area (Å²) in [6, 6.07) is 6.99. The maximum absolute atomic E-state index is 13.7. The molecular formula is C28H30N4O8S. The van der Waals surface area contributed by atoms with Gasteiger partial charge in [0.2, 0.25) is 5.91 Å². The van der Waals surface area contributed by atoms with Gasteiger partial charge in [0.05, 0.1) is 18.2 Å². The van der Waals surface area contributed by atoms with Crippen molar-refractivity contribution in [3.05, 3.63) is 59.9 Å². The van der Waals surface area contributed by atoms with Gasteiger partial charge in [0.25, 0.3) is 21.1 Å². The number of nitrogens with one attached hydrogen (secondary N) is 1. The first-order valence-corrected chi connectivity index (χ1v) is 14.7. The molecule has 0 aliphatic carbocycles. The summed E-state index contributed by atoms with van der Waals surface area (Å²) >= 11 is 0. The number of fused-ring (bicyclic) bond motifs is 2. The number of aryl methyl sites for hydroxylation is 1. The number of ketones is 1.